The molecule has 1 aromatic carbocycles. The highest BCUT2D eigenvalue weighted by Crippen LogP contribution is 2.55. The Balaban J connectivity index is 2.20. The Morgan fingerprint density at radius 1 is 1.31 bits per heavy atom. The molecule has 5 heteroatoms. The first kappa shape index (κ1) is 13.6. The smallest absolute Gasteiger partial charge is 0.254 e. The minimum Gasteiger partial charge on any atom is -0.493 e. The number of hydrogen-bond acceptors (Lipinski definition) is 4. The van der Waals surface area contributed by atoms with Gasteiger partial charge in [0.05, 0.1) is 13.2 Å². The van der Waals surface area contributed by atoms with Gasteiger partial charge in [-0.3, -0.25) is 4.57 Å². The third kappa shape index (κ3) is 5.59. The molecule has 0 aromatic heterocycles. The van der Waals surface area contributed by atoms with Crippen LogP contribution in [0.1, 0.15) is 6.92 Å². The van der Waals surface area contributed by atoms with Gasteiger partial charge in [-0.15, -0.1) is 0 Å². The van der Waals surface area contributed by atoms with Crippen LogP contribution in [0.2, 0.25) is 0 Å². The summed E-state index contributed by atoms with van der Waals surface area (Å²) in [6.07, 6.45) is 0. The van der Waals surface area contributed by atoms with Crippen molar-refractivity contribution in [3.63, 3.8) is 0 Å². The largest absolute Gasteiger partial charge is 0.493 e. The fourth-order valence-electron chi connectivity index (χ4n) is 1.15. The van der Waals surface area contributed by atoms with Crippen LogP contribution in [-0.2, 0) is 9.09 Å². The molecule has 16 heavy (non-hydrogen) atoms. The molecule has 0 aliphatic carbocycles. The van der Waals surface area contributed by atoms with Crippen molar-refractivity contribution in [1.82, 2.24) is 0 Å². The highest BCUT2D eigenvalue weighted by molar-refractivity contribution is 8.56. The van der Waals surface area contributed by atoms with Crippen molar-refractivity contribution in [1.29, 1.82) is 0 Å². The van der Waals surface area contributed by atoms with Gasteiger partial charge >= 0.3 is 0 Å². The second kappa shape index (κ2) is 7.00. The third-order valence-corrected chi connectivity index (χ3v) is 5.60. The molecule has 0 fully saturated rings. The van der Waals surface area contributed by atoms with Crippen molar-refractivity contribution in [2.24, 2.45) is 0 Å². The van der Waals surface area contributed by atoms with Crippen LogP contribution < -0.4 is 4.74 Å². The van der Waals surface area contributed by atoms with Crippen LogP contribution in [0.25, 0.3) is 0 Å². The van der Waals surface area contributed by atoms with Crippen LogP contribution in [0.3, 0.4) is 0 Å². The maximum absolute atomic E-state index is 11.7. The van der Waals surface area contributed by atoms with Gasteiger partial charge in [0.15, 0.2) is 0 Å². The number of para-hydroxylation sites is 1. The fraction of sp³-hybridized carbons (Fsp3) is 0.455. The lowest BCUT2D eigenvalue weighted by molar-refractivity contribution is 0.341. The summed E-state index contributed by atoms with van der Waals surface area (Å²) in [4.78, 5) is 0. The van der Waals surface area contributed by atoms with Gasteiger partial charge in [-0.25, -0.2) is 0 Å². The van der Waals surface area contributed by atoms with Gasteiger partial charge in [0.25, 0.3) is 6.57 Å². The molecule has 1 rings (SSSR count). The van der Waals surface area contributed by atoms with Crippen LogP contribution >= 0.6 is 18.0 Å². The molecule has 0 amide bonds. The predicted molar refractivity (Wildman–Crippen MR) is 69.6 cm³/mol. The van der Waals surface area contributed by atoms with Crippen molar-refractivity contribution in [3.8, 4) is 5.75 Å². The van der Waals surface area contributed by atoms with Gasteiger partial charge < -0.3 is 9.26 Å². The average molecular weight is 260 g/mol. The summed E-state index contributed by atoms with van der Waals surface area (Å²) in [6, 6.07) is 9.59. The summed E-state index contributed by atoms with van der Waals surface area (Å²) in [5.74, 6) is 1.51. The lowest BCUT2D eigenvalue weighted by atomic mass is 10.3. The summed E-state index contributed by atoms with van der Waals surface area (Å²) < 4.78 is 22.3. The molecule has 90 valence electrons. The maximum atomic E-state index is 11.7. The minimum atomic E-state index is -2.48. The lowest BCUT2D eigenvalue weighted by Gasteiger charge is -2.11. The van der Waals surface area contributed by atoms with Crippen LogP contribution in [0.4, 0.5) is 0 Å². The molecule has 0 spiro atoms. The normalized spacial score (nSPS) is 14.4. The van der Waals surface area contributed by atoms with E-state index < -0.39 is 6.57 Å². The molecular formula is C11H17O3PS. The molecule has 1 atom stereocenters. The zero-order valence-electron chi connectivity index (χ0n) is 9.59. The average Bonchev–Trinajstić information content (AvgIpc) is 2.26. The monoisotopic (exact) mass is 260 g/mol. The molecule has 1 unspecified atom stereocenters. The van der Waals surface area contributed by atoms with E-state index in [9.17, 15) is 4.57 Å². The highest BCUT2D eigenvalue weighted by atomic mass is 32.7. The topological polar surface area (TPSA) is 35.5 Å². The summed E-state index contributed by atoms with van der Waals surface area (Å²) in [6.45, 7) is 2.04. The molecule has 0 heterocycles. The minimum absolute atomic E-state index is 0.486. The molecule has 0 saturated carbocycles. The second-order valence-electron chi connectivity index (χ2n) is 3.18. The van der Waals surface area contributed by atoms with Crippen LogP contribution in [0, 0.1) is 0 Å². The molecule has 1 aromatic rings. The van der Waals surface area contributed by atoms with Crippen molar-refractivity contribution in [2.75, 3.05) is 25.6 Å². The SMILES string of the molecule is CCOP(C)(=O)SCCOc1ccccc1. The number of hydrogen-bond donors (Lipinski definition) is 0. The first-order valence-corrected chi connectivity index (χ1v) is 8.85. The van der Waals surface area contributed by atoms with E-state index in [4.69, 9.17) is 9.26 Å². The van der Waals surface area contributed by atoms with Crippen molar-refractivity contribution in [2.45, 2.75) is 6.92 Å². The Morgan fingerprint density at radius 2 is 2.00 bits per heavy atom. The van der Waals surface area contributed by atoms with E-state index in [0.717, 1.165) is 5.75 Å². The van der Waals surface area contributed by atoms with E-state index in [1.165, 1.54) is 11.4 Å². The van der Waals surface area contributed by atoms with Gasteiger partial charge in [0.1, 0.15) is 5.75 Å². The summed E-state index contributed by atoms with van der Waals surface area (Å²) in [5.41, 5.74) is 0. The second-order valence-corrected chi connectivity index (χ2v) is 8.42. The van der Waals surface area contributed by atoms with E-state index in [2.05, 4.69) is 0 Å². The summed E-state index contributed by atoms with van der Waals surface area (Å²) in [5, 5.41) is 0. The van der Waals surface area contributed by atoms with E-state index in [0.29, 0.717) is 19.0 Å². The van der Waals surface area contributed by atoms with Crippen molar-refractivity contribution < 1.29 is 13.8 Å². The van der Waals surface area contributed by atoms with E-state index in [1.807, 2.05) is 37.3 Å². The molecule has 0 bridgehead atoms. The number of ether oxygens (including phenoxy) is 1. The maximum Gasteiger partial charge on any atom is 0.254 e. The number of rotatable bonds is 7. The van der Waals surface area contributed by atoms with Gasteiger partial charge in [-0.05, 0) is 19.1 Å². The first-order chi connectivity index (χ1) is 7.64. The van der Waals surface area contributed by atoms with E-state index in [1.54, 1.807) is 6.66 Å². The van der Waals surface area contributed by atoms with Gasteiger partial charge in [-0.1, -0.05) is 29.6 Å². The van der Waals surface area contributed by atoms with Crippen molar-refractivity contribution >= 4 is 18.0 Å². The quantitative estimate of drug-likeness (QED) is 0.553. The Bertz CT molecular complexity index is 342. The Labute approximate surface area is 101 Å². The lowest BCUT2D eigenvalue weighted by Crippen LogP contribution is -2.00. The Morgan fingerprint density at radius 3 is 2.62 bits per heavy atom. The zero-order valence-corrected chi connectivity index (χ0v) is 11.3. The van der Waals surface area contributed by atoms with Crippen LogP contribution in [0.5, 0.6) is 5.75 Å². The molecule has 0 radical (unpaired) electrons. The fourth-order valence-corrected chi connectivity index (χ4v) is 3.94. The first-order valence-electron chi connectivity index (χ1n) is 5.18. The standard InChI is InChI=1S/C11H17O3PS/c1-3-14-15(2,12)16-10-9-13-11-7-5-4-6-8-11/h4-8H,3,9-10H2,1-2H3. The molecular weight excluding hydrogens is 243 g/mol. The molecule has 0 aliphatic rings. The van der Waals surface area contributed by atoms with Crippen LogP contribution in [-0.4, -0.2) is 25.6 Å². The number of benzene rings is 1. The molecule has 0 saturated heterocycles. The van der Waals surface area contributed by atoms with Gasteiger partial charge in [0, 0.05) is 12.4 Å². The summed E-state index contributed by atoms with van der Waals surface area (Å²) in [7, 11) is 0. The Kier molecular flexibility index (Phi) is 5.96. The highest BCUT2D eigenvalue weighted by Gasteiger charge is 2.14. The third-order valence-electron chi connectivity index (χ3n) is 1.78. The summed E-state index contributed by atoms with van der Waals surface area (Å²) >= 11 is 1.33. The van der Waals surface area contributed by atoms with E-state index >= 15 is 0 Å². The van der Waals surface area contributed by atoms with Crippen molar-refractivity contribution in [3.05, 3.63) is 30.3 Å². The molecule has 3 nitrogen and oxygen atoms in total. The van der Waals surface area contributed by atoms with Gasteiger partial charge in [-0.2, -0.15) is 0 Å². The van der Waals surface area contributed by atoms with Crippen LogP contribution in [0.15, 0.2) is 30.3 Å². The van der Waals surface area contributed by atoms with E-state index in [-0.39, 0.29) is 0 Å². The zero-order chi connectivity index (χ0) is 11.9. The Hall–Kier alpha value is -0.440. The van der Waals surface area contributed by atoms with Gasteiger partial charge in [0.2, 0.25) is 0 Å². The predicted octanol–water partition coefficient (Wildman–Crippen LogP) is 3.66. The molecule has 0 aliphatic heterocycles. The molecule has 0 N–H and O–H groups in total.